The quantitative estimate of drug-likeness (QED) is 0.772. The molecule has 1 aromatic rings. The topological polar surface area (TPSA) is 49.8 Å². The Kier molecular flexibility index (Phi) is 2.01. The number of rotatable bonds is 2. The van der Waals surface area contributed by atoms with Gasteiger partial charge in [-0.3, -0.25) is 0 Å². The van der Waals surface area contributed by atoms with Crippen molar-refractivity contribution >= 4 is 0 Å². The molecule has 14 heavy (non-hydrogen) atoms. The Morgan fingerprint density at radius 3 is 2.79 bits per heavy atom. The van der Waals surface area contributed by atoms with Gasteiger partial charge in [0.1, 0.15) is 11.9 Å². The van der Waals surface area contributed by atoms with E-state index in [0.717, 1.165) is 24.8 Å². The van der Waals surface area contributed by atoms with Crippen molar-refractivity contribution < 1.29 is 4.39 Å². The maximum atomic E-state index is 13.0. The minimum atomic E-state index is -0.460. The van der Waals surface area contributed by atoms with Crippen LogP contribution in [0.3, 0.4) is 0 Å². The van der Waals surface area contributed by atoms with Gasteiger partial charge in [0.05, 0.1) is 5.56 Å². The summed E-state index contributed by atoms with van der Waals surface area (Å²) >= 11 is 0. The summed E-state index contributed by atoms with van der Waals surface area (Å²) in [4.78, 5) is 0. The molecule has 0 spiro atoms. The van der Waals surface area contributed by atoms with Crippen LogP contribution in [0.4, 0.5) is 4.39 Å². The van der Waals surface area contributed by atoms with Crippen LogP contribution in [0, 0.1) is 17.1 Å². The normalized spacial score (nSPS) is 17.5. The standard InChI is InChI=1S/C11H11FN2/c12-10-2-1-8(5-9(10)7-13)6-11(14)3-4-11/h1-2,5H,3-4,6,14H2. The van der Waals surface area contributed by atoms with Crippen LogP contribution in [-0.2, 0) is 6.42 Å². The van der Waals surface area contributed by atoms with Crippen LogP contribution < -0.4 is 5.73 Å². The first kappa shape index (κ1) is 9.17. The third kappa shape index (κ3) is 1.75. The van der Waals surface area contributed by atoms with Crippen molar-refractivity contribution in [1.82, 2.24) is 0 Å². The van der Waals surface area contributed by atoms with Crippen LogP contribution in [0.15, 0.2) is 18.2 Å². The Morgan fingerprint density at radius 2 is 2.21 bits per heavy atom. The summed E-state index contributed by atoms with van der Waals surface area (Å²) in [5, 5.41) is 8.64. The molecule has 3 heteroatoms. The van der Waals surface area contributed by atoms with Gasteiger partial charge in [-0.2, -0.15) is 5.26 Å². The Bertz CT molecular complexity index is 402. The molecule has 1 aromatic carbocycles. The number of hydrogen-bond acceptors (Lipinski definition) is 2. The zero-order chi connectivity index (χ0) is 10.2. The molecule has 1 aliphatic rings. The van der Waals surface area contributed by atoms with Crippen LogP contribution >= 0.6 is 0 Å². The molecule has 2 N–H and O–H groups in total. The predicted octanol–water partition coefficient (Wildman–Crippen LogP) is 1.73. The first-order valence-electron chi connectivity index (χ1n) is 4.60. The highest BCUT2D eigenvalue weighted by atomic mass is 19.1. The zero-order valence-corrected chi connectivity index (χ0v) is 7.76. The Hall–Kier alpha value is -1.40. The van der Waals surface area contributed by atoms with E-state index in [4.69, 9.17) is 11.0 Å². The van der Waals surface area contributed by atoms with Crippen molar-refractivity contribution in [3.63, 3.8) is 0 Å². The molecule has 0 aliphatic heterocycles. The van der Waals surface area contributed by atoms with Crippen LogP contribution in [0.1, 0.15) is 24.0 Å². The number of nitrogens with zero attached hydrogens (tertiary/aromatic N) is 1. The van der Waals surface area contributed by atoms with Gasteiger partial charge >= 0.3 is 0 Å². The monoisotopic (exact) mass is 190 g/mol. The third-order valence-electron chi connectivity index (χ3n) is 2.60. The smallest absolute Gasteiger partial charge is 0.140 e. The number of benzene rings is 1. The molecule has 0 atom stereocenters. The highest BCUT2D eigenvalue weighted by Gasteiger charge is 2.37. The minimum absolute atomic E-state index is 0.0927. The molecular formula is C11H11FN2. The molecule has 0 aromatic heterocycles. The van der Waals surface area contributed by atoms with E-state index in [1.807, 2.05) is 6.07 Å². The fourth-order valence-corrected chi connectivity index (χ4v) is 1.51. The lowest BCUT2D eigenvalue weighted by molar-refractivity contribution is 0.619. The fraction of sp³-hybridized carbons (Fsp3) is 0.364. The van der Waals surface area contributed by atoms with Crippen molar-refractivity contribution in [3.05, 3.63) is 35.1 Å². The van der Waals surface area contributed by atoms with E-state index >= 15 is 0 Å². The molecule has 2 nitrogen and oxygen atoms in total. The second kappa shape index (κ2) is 3.07. The van der Waals surface area contributed by atoms with E-state index in [-0.39, 0.29) is 11.1 Å². The van der Waals surface area contributed by atoms with Crippen molar-refractivity contribution in [2.24, 2.45) is 5.73 Å². The molecular weight excluding hydrogens is 179 g/mol. The van der Waals surface area contributed by atoms with Crippen molar-refractivity contribution in [1.29, 1.82) is 5.26 Å². The lowest BCUT2D eigenvalue weighted by Gasteiger charge is -2.08. The summed E-state index contributed by atoms with van der Waals surface area (Å²) in [6, 6.07) is 6.44. The highest BCUT2D eigenvalue weighted by molar-refractivity contribution is 5.35. The number of halogens is 1. The highest BCUT2D eigenvalue weighted by Crippen LogP contribution is 2.35. The van der Waals surface area contributed by atoms with E-state index in [1.165, 1.54) is 6.07 Å². The summed E-state index contributed by atoms with van der Waals surface area (Å²) in [5.41, 5.74) is 6.89. The summed E-state index contributed by atoms with van der Waals surface area (Å²) in [6.45, 7) is 0. The van der Waals surface area contributed by atoms with Gasteiger partial charge in [-0.05, 0) is 37.0 Å². The molecule has 1 saturated carbocycles. The predicted molar refractivity (Wildman–Crippen MR) is 51.0 cm³/mol. The summed E-state index contributed by atoms with van der Waals surface area (Å²) in [6.07, 6.45) is 2.78. The molecule has 0 unspecified atom stereocenters. The average molecular weight is 190 g/mol. The van der Waals surface area contributed by atoms with Gasteiger partial charge in [-0.25, -0.2) is 4.39 Å². The van der Waals surface area contributed by atoms with Crippen molar-refractivity contribution in [2.75, 3.05) is 0 Å². The summed E-state index contributed by atoms with van der Waals surface area (Å²) in [7, 11) is 0. The van der Waals surface area contributed by atoms with Crippen LogP contribution in [0.2, 0.25) is 0 Å². The van der Waals surface area contributed by atoms with Gasteiger partial charge in [0.2, 0.25) is 0 Å². The van der Waals surface area contributed by atoms with Crippen LogP contribution in [0.25, 0.3) is 0 Å². The number of hydrogen-bond donors (Lipinski definition) is 1. The van der Waals surface area contributed by atoms with Gasteiger partial charge in [0.15, 0.2) is 0 Å². The van der Waals surface area contributed by atoms with E-state index in [9.17, 15) is 4.39 Å². The second-order valence-corrected chi connectivity index (χ2v) is 3.97. The van der Waals surface area contributed by atoms with Crippen LogP contribution in [0.5, 0.6) is 0 Å². The molecule has 0 amide bonds. The van der Waals surface area contributed by atoms with Crippen molar-refractivity contribution in [2.45, 2.75) is 24.8 Å². The van der Waals surface area contributed by atoms with E-state index < -0.39 is 5.82 Å². The molecule has 0 bridgehead atoms. The molecule has 1 aliphatic carbocycles. The number of nitriles is 1. The van der Waals surface area contributed by atoms with Gasteiger partial charge in [0, 0.05) is 5.54 Å². The van der Waals surface area contributed by atoms with Gasteiger partial charge in [0.25, 0.3) is 0 Å². The largest absolute Gasteiger partial charge is 0.325 e. The summed E-state index contributed by atoms with van der Waals surface area (Å²) in [5.74, 6) is -0.460. The van der Waals surface area contributed by atoms with Crippen molar-refractivity contribution in [3.8, 4) is 6.07 Å². The van der Waals surface area contributed by atoms with Crippen LogP contribution in [-0.4, -0.2) is 5.54 Å². The molecule has 0 heterocycles. The Balaban J connectivity index is 2.23. The Morgan fingerprint density at radius 1 is 1.50 bits per heavy atom. The zero-order valence-electron chi connectivity index (χ0n) is 7.76. The van der Waals surface area contributed by atoms with E-state index in [1.54, 1.807) is 12.1 Å². The fourth-order valence-electron chi connectivity index (χ4n) is 1.51. The maximum absolute atomic E-state index is 13.0. The molecule has 0 radical (unpaired) electrons. The first-order valence-corrected chi connectivity index (χ1v) is 4.60. The first-order chi connectivity index (χ1) is 6.63. The second-order valence-electron chi connectivity index (χ2n) is 3.97. The average Bonchev–Trinajstić information content (AvgIpc) is 2.87. The lowest BCUT2D eigenvalue weighted by atomic mass is 10.0. The summed E-state index contributed by atoms with van der Waals surface area (Å²) < 4.78 is 13.0. The molecule has 2 rings (SSSR count). The van der Waals surface area contributed by atoms with Gasteiger partial charge < -0.3 is 5.73 Å². The molecule has 0 saturated heterocycles. The Labute approximate surface area is 82.1 Å². The van der Waals surface area contributed by atoms with Gasteiger partial charge in [-0.15, -0.1) is 0 Å². The third-order valence-corrected chi connectivity index (χ3v) is 2.60. The number of nitrogens with two attached hydrogens (primary N) is 1. The van der Waals surface area contributed by atoms with Gasteiger partial charge in [-0.1, -0.05) is 6.07 Å². The van der Waals surface area contributed by atoms with E-state index in [2.05, 4.69) is 0 Å². The SMILES string of the molecule is N#Cc1cc(CC2(N)CC2)ccc1F. The molecule has 1 fully saturated rings. The van der Waals surface area contributed by atoms with E-state index in [0.29, 0.717) is 0 Å². The lowest BCUT2D eigenvalue weighted by Crippen LogP contribution is -2.24. The maximum Gasteiger partial charge on any atom is 0.140 e. The minimum Gasteiger partial charge on any atom is -0.325 e. The molecule has 72 valence electrons.